The zero-order valence-corrected chi connectivity index (χ0v) is 15.7. The van der Waals surface area contributed by atoms with E-state index in [2.05, 4.69) is 4.90 Å². The first-order valence-corrected chi connectivity index (χ1v) is 10.1. The van der Waals surface area contributed by atoms with Crippen molar-refractivity contribution in [2.45, 2.75) is 26.3 Å². The van der Waals surface area contributed by atoms with E-state index in [9.17, 15) is 13.2 Å². The first kappa shape index (κ1) is 18.7. The van der Waals surface area contributed by atoms with E-state index < -0.39 is 16.1 Å². The summed E-state index contributed by atoms with van der Waals surface area (Å²) in [5.41, 5.74) is 1.59. The van der Waals surface area contributed by atoms with E-state index in [1.54, 1.807) is 17.0 Å². The summed E-state index contributed by atoms with van der Waals surface area (Å²) in [6.07, 6.45) is 1.60. The highest BCUT2D eigenvalue weighted by molar-refractivity contribution is 7.92. The molecule has 0 N–H and O–H groups in total. The molecule has 1 saturated heterocycles. The fourth-order valence-electron chi connectivity index (χ4n) is 2.97. The summed E-state index contributed by atoms with van der Waals surface area (Å²) >= 11 is 0. The number of carbonyl (C=O) groups excluding carboxylic acids is 1. The summed E-state index contributed by atoms with van der Waals surface area (Å²) in [5.74, 6) is -0.114. The van der Waals surface area contributed by atoms with Gasteiger partial charge < -0.3 is 9.80 Å². The summed E-state index contributed by atoms with van der Waals surface area (Å²) in [5, 5.41) is 0. The topological polar surface area (TPSA) is 60.9 Å². The number of nitrogens with zero attached hydrogens (tertiary/aromatic N) is 3. The van der Waals surface area contributed by atoms with Crippen LogP contribution in [0.25, 0.3) is 0 Å². The van der Waals surface area contributed by atoms with Gasteiger partial charge in [0.05, 0.1) is 11.9 Å². The second kappa shape index (κ2) is 7.53. The van der Waals surface area contributed by atoms with Crippen LogP contribution in [0.15, 0.2) is 24.3 Å². The normalized spacial score (nSPS) is 17.6. The smallest absolute Gasteiger partial charge is 0.246 e. The van der Waals surface area contributed by atoms with Crippen molar-refractivity contribution in [3.8, 4) is 0 Å². The molecule has 1 atom stereocenters. The largest absolute Gasteiger partial charge is 0.338 e. The molecule has 0 aromatic heterocycles. The molecule has 1 aliphatic heterocycles. The number of benzene rings is 1. The minimum atomic E-state index is -3.56. The van der Waals surface area contributed by atoms with Crippen LogP contribution in [-0.2, 0) is 14.8 Å². The minimum absolute atomic E-state index is 0.114. The molecule has 1 aromatic carbocycles. The Morgan fingerprint density at radius 2 is 1.71 bits per heavy atom. The van der Waals surface area contributed by atoms with E-state index in [4.69, 9.17) is 0 Å². The molecule has 1 heterocycles. The maximum Gasteiger partial charge on any atom is 0.246 e. The molecule has 0 radical (unpaired) electrons. The molecule has 1 amide bonds. The molecule has 0 saturated carbocycles. The predicted molar refractivity (Wildman–Crippen MR) is 96.7 cm³/mol. The van der Waals surface area contributed by atoms with Crippen molar-refractivity contribution in [1.29, 1.82) is 0 Å². The third-order valence-electron chi connectivity index (χ3n) is 4.42. The van der Waals surface area contributed by atoms with Crippen LogP contribution in [0, 0.1) is 6.92 Å². The number of piperazine rings is 1. The van der Waals surface area contributed by atoms with Crippen LogP contribution in [-0.4, -0.2) is 69.6 Å². The zero-order valence-electron chi connectivity index (χ0n) is 14.9. The minimum Gasteiger partial charge on any atom is -0.338 e. The van der Waals surface area contributed by atoms with Gasteiger partial charge in [0.1, 0.15) is 6.04 Å². The Hall–Kier alpha value is -1.60. The van der Waals surface area contributed by atoms with Crippen molar-refractivity contribution >= 4 is 21.6 Å². The summed E-state index contributed by atoms with van der Waals surface area (Å²) < 4.78 is 26.1. The third-order valence-corrected chi connectivity index (χ3v) is 5.60. The fourth-order valence-corrected chi connectivity index (χ4v) is 4.18. The lowest BCUT2D eigenvalue weighted by molar-refractivity contribution is -0.134. The average molecular weight is 353 g/mol. The Labute approximate surface area is 145 Å². The molecular weight excluding hydrogens is 326 g/mol. The highest BCUT2D eigenvalue weighted by atomic mass is 32.2. The number of sulfonamides is 1. The Bertz CT molecular complexity index is 665. The van der Waals surface area contributed by atoms with Crippen LogP contribution >= 0.6 is 0 Å². The number of rotatable bonds is 5. The van der Waals surface area contributed by atoms with Crippen LogP contribution in [0.2, 0.25) is 0 Å². The maximum absolute atomic E-state index is 13.0. The lowest BCUT2D eigenvalue weighted by atomic mass is 10.1. The van der Waals surface area contributed by atoms with Crippen LogP contribution in [0.4, 0.5) is 5.69 Å². The van der Waals surface area contributed by atoms with Crippen LogP contribution < -0.4 is 4.31 Å². The summed E-state index contributed by atoms with van der Waals surface area (Å²) in [6.45, 7) is 6.69. The molecule has 1 aliphatic rings. The van der Waals surface area contributed by atoms with Crippen molar-refractivity contribution in [3.63, 3.8) is 0 Å². The summed E-state index contributed by atoms with van der Waals surface area (Å²) in [4.78, 5) is 16.9. The van der Waals surface area contributed by atoms with Crippen molar-refractivity contribution < 1.29 is 13.2 Å². The van der Waals surface area contributed by atoms with Gasteiger partial charge in [-0.1, -0.05) is 24.6 Å². The van der Waals surface area contributed by atoms with E-state index in [1.807, 2.05) is 33.0 Å². The Morgan fingerprint density at radius 1 is 1.17 bits per heavy atom. The van der Waals surface area contributed by atoms with Crippen molar-refractivity contribution in [3.05, 3.63) is 29.8 Å². The lowest BCUT2D eigenvalue weighted by Gasteiger charge is -2.37. The second-order valence-electron chi connectivity index (χ2n) is 6.45. The highest BCUT2D eigenvalue weighted by Gasteiger charge is 2.34. The molecular formula is C17H27N3O3S. The highest BCUT2D eigenvalue weighted by Crippen LogP contribution is 2.24. The number of amides is 1. The first-order valence-electron chi connectivity index (χ1n) is 8.27. The predicted octanol–water partition coefficient (Wildman–Crippen LogP) is 1.31. The van der Waals surface area contributed by atoms with Crippen molar-refractivity contribution in [2.75, 3.05) is 43.8 Å². The fraction of sp³-hybridized carbons (Fsp3) is 0.588. The molecule has 6 nitrogen and oxygen atoms in total. The van der Waals surface area contributed by atoms with Gasteiger partial charge in [0.15, 0.2) is 0 Å². The molecule has 24 heavy (non-hydrogen) atoms. The SMILES string of the molecule is CC[C@H](C(=O)N1CCN(C)CC1)N(c1ccc(C)cc1)S(C)(=O)=O. The second-order valence-corrected chi connectivity index (χ2v) is 8.31. The van der Waals surface area contributed by atoms with E-state index in [0.29, 0.717) is 25.2 Å². The molecule has 1 fully saturated rings. The molecule has 7 heteroatoms. The molecule has 0 bridgehead atoms. The van der Waals surface area contributed by atoms with Gasteiger partial charge in [-0.25, -0.2) is 8.42 Å². The van der Waals surface area contributed by atoms with E-state index in [1.165, 1.54) is 4.31 Å². The van der Waals surface area contributed by atoms with E-state index >= 15 is 0 Å². The molecule has 1 aromatic rings. The zero-order chi connectivity index (χ0) is 17.9. The molecule has 0 spiro atoms. The van der Waals surface area contributed by atoms with E-state index in [-0.39, 0.29) is 5.91 Å². The standard InChI is InChI=1S/C17H27N3O3S/c1-5-16(17(21)19-12-10-18(3)11-13-19)20(24(4,22)23)15-8-6-14(2)7-9-15/h6-9,16H,5,10-13H2,1-4H3/t16-/m1/s1. The Kier molecular flexibility index (Phi) is 5.87. The van der Waals surface area contributed by atoms with Crippen molar-refractivity contribution in [1.82, 2.24) is 9.80 Å². The third kappa shape index (κ3) is 4.27. The van der Waals surface area contributed by atoms with Gasteiger partial charge in [-0.15, -0.1) is 0 Å². The van der Waals surface area contributed by atoms with Gasteiger partial charge in [-0.3, -0.25) is 9.10 Å². The molecule has 0 aliphatic carbocycles. The maximum atomic E-state index is 13.0. The monoisotopic (exact) mass is 353 g/mol. The summed E-state index contributed by atoms with van der Waals surface area (Å²) in [6, 6.07) is 6.54. The summed E-state index contributed by atoms with van der Waals surface area (Å²) in [7, 11) is -1.54. The van der Waals surface area contributed by atoms with Gasteiger partial charge in [0, 0.05) is 26.2 Å². The number of hydrogen-bond donors (Lipinski definition) is 0. The van der Waals surface area contributed by atoms with Gasteiger partial charge in [-0.05, 0) is 32.5 Å². The number of anilines is 1. The molecule has 134 valence electrons. The number of likely N-dealkylation sites (N-methyl/N-ethyl adjacent to an activating group) is 1. The number of aryl methyl sites for hydroxylation is 1. The lowest BCUT2D eigenvalue weighted by Crippen LogP contribution is -2.55. The molecule has 2 rings (SSSR count). The van der Waals surface area contributed by atoms with Crippen molar-refractivity contribution in [2.24, 2.45) is 0 Å². The quantitative estimate of drug-likeness (QED) is 0.801. The van der Waals surface area contributed by atoms with Crippen LogP contribution in [0.1, 0.15) is 18.9 Å². The molecule has 0 unspecified atom stereocenters. The average Bonchev–Trinajstić information content (AvgIpc) is 2.52. The van der Waals surface area contributed by atoms with Gasteiger partial charge >= 0.3 is 0 Å². The Morgan fingerprint density at radius 3 is 2.17 bits per heavy atom. The number of carbonyl (C=O) groups is 1. The number of hydrogen-bond acceptors (Lipinski definition) is 4. The van der Waals surface area contributed by atoms with E-state index in [0.717, 1.165) is 24.9 Å². The van der Waals surface area contributed by atoms with Gasteiger partial charge in [0.2, 0.25) is 15.9 Å². The van der Waals surface area contributed by atoms with Crippen LogP contribution in [0.5, 0.6) is 0 Å². The first-order chi connectivity index (χ1) is 11.2. The van der Waals surface area contributed by atoms with Gasteiger partial charge in [-0.2, -0.15) is 0 Å². The Balaban J connectivity index is 2.32. The van der Waals surface area contributed by atoms with Crippen LogP contribution in [0.3, 0.4) is 0 Å². The van der Waals surface area contributed by atoms with Gasteiger partial charge in [0.25, 0.3) is 0 Å².